The number of ketones is 1. The van der Waals surface area contributed by atoms with E-state index in [4.69, 9.17) is 14.2 Å². The zero-order valence-electron chi connectivity index (χ0n) is 22.0. The highest BCUT2D eigenvalue weighted by Crippen LogP contribution is 2.42. The van der Waals surface area contributed by atoms with E-state index in [1.807, 2.05) is 44.2 Å². The molecule has 0 aliphatic carbocycles. The topological polar surface area (TPSA) is 85.3 Å². The maximum atomic E-state index is 13.2. The van der Waals surface area contributed by atoms with Crippen LogP contribution in [0, 0.1) is 0 Å². The summed E-state index contributed by atoms with van der Waals surface area (Å²) in [6.45, 7) is 5.27. The first kappa shape index (κ1) is 26.8. The molecule has 0 radical (unpaired) electrons. The van der Waals surface area contributed by atoms with Gasteiger partial charge in [-0.25, -0.2) is 0 Å². The van der Waals surface area contributed by atoms with Crippen LogP contribution in [0.4, 0.5) is 0 Å². The molecule has 1 atom stereocenters. The highest BCUT2D eigenvalue weighted by molar-refractivity contribution is 6.46. The number of hydrogen-bond donors (Lipinski definition) is 1. The minimum Gasteiger partial charge on any atom is -0.507 e. The fourth-order valence-corrected chi connectivity index (χ4v) is 4.49. The fraction of sp³-hybridized carbons (Fsp3) is 0.290. The highest BCUT2D eigenvalue weighted by Gasteiger charge is 2.45. The first-order valence-electron chi connectivity index (χ1n) is 12.8. The zero-order valence-corrected chi connectivity index (χ0v) is 22.0. The maximum absolute atomic E-state index is 13.2. The van der Waals surface area contributed by atoms with Gasteiger partial charge in [0, 0.05) is 12.1 Å². The average Bonchev–Trinajstić information content (AvgIpc) is 3.20. The SMILES string of the molecule is CCCOc1ccc(/C(O)=C2/C(=O)C(=O)N(CCC)C2c2ccc(OCc3ccccc3)c(OC)c2)cc1. The molecule has 1 saturated heterocycles. The molecular weight excluding hydrogens is 482 g/mol. The number of ether oxygens (including phenoxy) is 3. The molecule has 1 N–H and O–H groups in total. The summed E-state index contributed by atoms with van der Waals surface area (Å²) >= 11 is 0. The van der Waals surface area contributed by atoms with Crippen LogP contribution < -0.4 is 14.2 Å². The van der Waals surface area contributed by atoms with E-state index in [9.17, 15) is 14.7 Å². The number of amides is 1. The van der Waals surface area contributed by atoms with Gasteiger partial charge in [0.2, 0.25) is 0 Å². The lowest BCUT2D eigenvalue weighted by Gasteiger charge is -2.25. The Morgan fingerprint density at radius 3 is 2.29 bits per heavy atom. The second kappa shape index (κ2) is 12.3. The molecule has 3 aromatic rings. The van der Waals surface area contributed by atoms with Gasteiger partial charge in [0.05, 0.1) is 25.3 Å². The van der Waals surface area contributed by atoms with Gasteiger partial charge in [-0.05, 0) is 60.4 Å². The fourth-order valence-electron chi connectivity index (χ4n) is 4.49. The summed E-state index contributed by atoms with van der Waals surface area (Å²) in [5.74, 6) is 0.105. The van der Waals surface area contributed by atoms with Crippen molar-refractivity contribution < 1.29 is 28.9 Å². The molecule has 38 heavy (non-hydrogen) atoms. The molecule has 1 aliphatic heterocycles. The predicted molar refractivity (Wildman–Crippen MR) is 145 cm³/mol. The van der Waals surface area contributed by atoms with Crippen LogP contribution in [-0.4, -0.2) is 42.0 Å². The van der Waals surface area contributed by atoms with E-state index in [0.29, 0.717) is 54.6 Å². The predicted octanol–water partition coefficient (Wildman–Crippen LogP) is 5.89. The number of carbonyl (C=O) groups is 2. The van der Waals surface area contributed by atoms with Crippen molar-refractivity contribution in [2.45, 2.75) is 39.3 Å². The van der Waals surface area contributed by atoms with Crippen molar-refractivity contribution in [1.29, 1.82) is 0 Å². The molecule has 7 nitrogen and oxygen atoms in total. The minimum atomic E-state index is -0.761. The largest absolute Gasteiger partial charge is 0.507 e. The lowest BCUT2D eigenvalue weighted by molar-refractivity contribution is -0.139. The van der Waals surface area contributed by atoms with Crippen LogP contribution >= 0.6 is 0 Å². The number of benzene rings is 3. The second-order valence-electron chi connectivity index (χ2n) is 9.05. The first-order chi connectivity index (χ1) is 18.5. The van der Waals surface area contributed by atoms with Crippen LogP contribution in [0.15, 0.2) is 78.4 Å². The molecule has 1 unspecified atom stereocenters. The summed E-state index contributed by atoms with van der Waals surface area (Å²) in [5.41, 5.74) is 2.14. The van der Waals surface area contributed by atoms with Crippen LogP contribution in [-0.2, 0) is 16.2 Å². The van der Waals surface area contributed by atoms with Crippen molar-refractivity contribution in [3.05, 3.63) is 95.1 Å². The number of methoxy groups -OCH3 is 1. The summed E-state index contributed by atoms with van der Waals surface area (Å²) in [6, 6.07) is 21.2. The third-order valence-electron chi connectivity index (χ3n) is 6.35. The van der Waals surface area contributed by atoms with E-state index in [1.54, 1.807) is 49.6 Å². The molecular formula is C31H33NO6. The Kier molecular flexibility index (Phi) is 8.69. The van der Waals surface area contributed by atoms with Crippen molar-refractivity contribution in [3.8, 4) is 17.2 Å². The van der Waals surface area contributed by atoms with Crippen molar-refractivity contribution in [2.75, 3.05) is 20.3 Å². The van der Waals surface area contributed by atoms with Gasteiger partial charge in [-0.15, -0.1) is 0 Å². The summed E-state index contributed by atoms with van der Waals surface area (Å²) in [4.78, 5) is 27.7. The molecule has 7 heteroatoms. The van der Waals surface area contributed by atoms with Gasteiger partial charge < -0.3 is 24.2 Å². The minimum absolute atomic E-state index is 0.0469. The summed E-state index contributed by atoms with van der Waals surface area (Å²) in [6.07, 6.45) is 1.53. The molecule has 1 fully saturated rings. The molecule has 4 rings (SSSR count). The van der Waals surface area contributed by atoms with Crippen molar-refractivity contribution in [2.24, 2.45) is 0 Å². The van der Waals surface area contributed by atoms with Crippen molar-refractivity contribution in [1.82, 2.24) is 4.90 Å². The van der Waals surface area contributed by atoms with Gasteiger partial charge >= 0.3 is 0 Å². The Morgan fingerprint density at radius 2 is 1.63 bits per heavy atom. The Morgan fingerprint density at radius 1 is 0.895 bits per heavy atom. The highest BCUT2D eigenvalue weighted by atomic mass is 16.5. The molecule has 0 aromatic heterocycles. The monoisotopic (exact) mass is 515 g/mol. The normalized spacial score (nSPS) is 16.5. The molecule has 1 aliphatic rings. The van der Waals surface area contributed by atoms with E-state index in [2.05, 4.69) is 0 Å². The van der Waals surface area contributed by atoms with E-state index < -0.39 is 17.7 Å². The number of aliphatic hydroxyl groups is 1. The molecule has 0 spiro atoms. The van der Waals surface area contributed by atoms with Crippen molar-refractivity contribution in [3.63, 3.8) is 0 Å². The molecule has 1 heterocycles. The van der Waals surface area contributed by atoms with E-state index >= 15 is 0 Å². The maximum Gasteiger partial charge on any atom is 0.295 e. The van der Waals surface area contributed by atoms with Gasteiger partial charge in [-0.2, -0.15) is 0 Å². The van der Waals surface area contributed by atoms with Gasteiger partial charge in [-0.1, -0.05) is 50.2 Å². The summed E-state index contributed by atoms with van der Waals surface area (Å²) < 4.78 is 17.2. The lowest BCUT2D eigenvalue weighted by atomic mass is 9.95. The van der Waals surface area contributed by atoms with Gasteiger partial charge in [0.1, 0.15) is 18.1 Å². The smallest absolute Gasteiger partial charge is 0.295 e. The number of hydrogen-bond acceptors (Lipinski definition) is 6. The second-order valence-corrected chi connectivity index (χ2v) is 9.05. The number of Topliss-reactive ketones (excluding diaryl/α,β-unsaturated/α-hetero) is 1. The van der Waals surface area contributed by atoms with Crippen LogP contribution in [0.1, 0.15) is 49.4 Å². The lowest BCUT2D eigenvalue weighted by Crippen LogP contribution is -2.30. The van der Waals surface area contributed by atoms with Crippen LogP contribution in [0.5, 0.6) is 17.2 Å². The third-order valence-corrected chi connectivity index (χ3v) is 6.35. The Balaban J connectivity index is 1.71. The first-order valence-corrected chi connectivity index (χ1v) is 12.8. The number of aliphatic hydroxyl groups excluding tert-OH is 1. The van der Waals surface area contributed by atoms with E-state index in [-0.39, 0.29) is 11.3 Å². The van der Waals surface area contributed by atoms with Gasteiger partial charge in [0.25, 0.3) is 11.7 Å². The van der Waals surface area contributed by atoms with Crippen molar-refractivity contribution >= 4 is 17.4 Å². The van der Waals surface area contributed by atoms with E-state index in [0.717, 1.165) is 12.0 Å². The number of likely N-dealkylation sites (tertiary alicyclic amines) is 1. The Labute approximate surface area is 223 Å². The average molecular weight is 516 g/mol. The quantitative estimate of drug-likeness (QED) is 0.195. The molecule has 198 valence electrons. The van der Waals surface area contributed by atoms with E-state index in [1.165, 1.54) is 4.90 Å². The number of carbonyl (C=O) groups excluding carboxylic acids is 2. The summed E-state index contributed by atoms with van der Waals surface area (Å²) in [7, 11) is 1.54. The standard InChI is InChI=1S/C31H33NO6/c1-4-17-32-28(23-13-16-25(26(19-23)36-3)38-20-21-9-7-6-8-10-21)27(30(34)31(32)35)29(33)22-11-14-24(15-12-22)37-18-5-2/h6-16,19,28,33H,4-5,17-18,20H2,1-3H3/b29-27-. The molecule has 0 saturated carbocycles. The molecule has 3 aromatic carbocycles. The Bertz CT molecular complexity index is 1300. The van der Waals surface area contributed by atoms with Gasteiger partial charge in [0.15, 0.2) is 11.5 Å². The Hall–Kier alpha value is -4.26. The summed E-state index contributed by atoms with van der Waals surface area (Å²) in [5, 5.41) is 11.3. The number of nitrogens with zero attached hydrogens (tertiary/aromatic N) is 1. The molecule has 1 amide bonds. The van der Waals surface area contributed by atoms with Crippen LogP contribution in [0.2, 0.25) is 0 Å². The zero-order chi connectivity index (χ0) is 27.1. The number of rotatable bonds is 11. The third kappa shape index (κ3) is 5.67. The molecule has 0 bridgehead atoms. The van der Waals surface area contributed by atoms with Gasteiger partial charge in [-0.3, -0.25) is 9.59 Å². The van der Waals surface area contributed by atoms with Crippen LogP contribution in [0.25, 0.3) is 5.76 Å². The van der Waals surface area contributed by atoms with Crippen LogP contribution in [0.3, 0.4) is 0 Å².